The highest BCUT2D eigenvalue weighted by Gasteiger charge is 2.25. The topological polar surface area (TPSA) is 28.2 Å². The fourth-order valence-corrected chi connectivity index (χ4v) is 3.60. The second-order valence-corrected chi connectivity index (χ2v) is 8.00. The van der Waals surface area contributed by atoms with E-state index in [0.717, 1.165) is 18.2 Å². The number of rotatable bonds is 6. The quantitative estimate of drug-likeness (QED) is 0.854. The summed E-state index contributed by atoms with van der Waals surface area (Å²) in [6.45, 7) is 19.7. The molecule has 20 heavy (non-hydrogen) atoms. The molecular formula is C16H31N3S. The molecular weight excluding hydrogens is 266 g/mol. The van der Waals surface area contributed by atoms with Gasteiger partial charge >= 0.3 is 0 Å². The Morgan fingerprint density at radius 2 is 1.80 bits per heavy atom. The molecule has 0 fully saturated rings. The second kappa shape index (κ2) is 6.90. The van der Waals surface area contributed by atoms with Crippen molar-refractivity contribution in [2.45, 2.75) is 79.4 Å². The van der Waals surface area contributed by atoms with Crippen molar-refractivity contribution in [3.63, 3.8) is 0 Å². The van der Waals surface area contributed by atoms with E-state index in [1.165, 1.54) is 10.6 Å². The lowest BCUT2D eigenvalue weighted by atomic mass is 9.91. The Hall–Kier alpha value is -0.610. The lowest BCUT2D eigenvalue weighted by Crippen LogP contribution is -2.30. The van der Waals surface area contributed by atoms with Crippen LogP contribution in [0.5, 0.6) is 0 Å². The molecule has 0 atom stereocenters. The van der Waals surface area contributed by atoms with Gasteiger partial charge in [0.25, 0.3) is 0 Å². The first-order chi connectivity index (χ1) is 9.16. The maximum absolute atomic E-state index is 4.96. The molecule has 3 nitrogen and oxygen atoms in total. The monoisotopic (exact) mass is 297 g/mol. The van der Waals surface area contributed by atoms with Gasteiger partial charge in [-0.2, -0.15) is 0 Å². The van der Waals surface area contributed by atoms with Crippen molar-refractivity contribution < 1.29 is 0 Å². The summed E-state index contributed by atoms with van der Waals surface area (Å²) in [7, 11) is 0. The van der Waals surface area contributed by atoms with Crippen molar-refractivity contribution in [2.75, 3.05) is 11.4 Å². The first-order valence-corrected chi connectivity index (χ1v) is 8.48. The van der Waals surface area contributed by atoms with E-state index in [1.54, 1.807) is 0 Å². The minimum absolute atomic E-state index is 0.0964. The van der Waals surface area contributed by atoms with Crippen LogP contribution in [0.15, 0.2) is 0 Å². The molecule has 116 valence electrons. The van der Waals surface area contributed by atoms with Gasteiger partial charge < -0.3 is 10.2 Å². The Bertz CT molecular complexity index is 416. The van der Waals surface area contributed by atoms with E-state index in [9.17, 15) is 0 Å². The van der Waals surface area contributed by atoms with Crippen LogP contribution >= 0.6 is 11.3 Å². The lowest BCUT2D eigenvalue weighted by molar-refractivity contribution is 0.545. The maximum atomic E-state index is 4.96. The van der Waals surface area contributed by atoms with E-state index in [2.05, 4.69) is 65.6 Å². The molecule has 0 radical (unpaired) electrons. The van der Waals surface area contributed by atoms with Gasteiger partial charge in [-0.05, 0) is 20.8 Å². The predicted molar refractivity (Wildman–Crippen MR) is 90.9 cm³/mol. The number of aromatic nitrogens is 1. The zero-order valence-electron chi connectivity index (χ0n) is 14.4. The molecule has 0 aliphatic heterocycles. The standard InChI is InChI=1S/C16H31N3S/c1-9-19(12(4)5)15-18-14(16(6,7)8)13(20-15)10-17-11(2)3/h11-12,17H,9-10H2,1-8H3. The highest BCUT2D eigenvalue weighted by molar-refractivity contribution is 7.15. The van der Waals surface area contributed by atoms with Crippen molar-refractivity contribution in [1.82, 2.24) is 10.3 Å². The van der Waals surface area contributed by atoms with Gasteiger partial charge in [-0.25, -0.2) is 4.98 Å². The second-order valence-electron chi connectivity index (χ2n) is 6.93. The van der Waals surface area contributed by atoms with Gasteiger partial charge in [0, 0.05) is 35.5 Å². The lowest BCUT2D eigenvalue weighted by Gasteiger charge is -2.24. The minimum atomic E-state index is 0.0964. The Balaban J connectivity index is 3.11. The van der Waals surface area contributed by atoms with Gasteiger partial charge in [-0.15, -0.1) is 11.3 Å². The van der Waals surface area contributed by atoms with Crippen LogP contribution in [-0.4, -0.2) is 23.6 Å². The molecule has 0 amide bonds. The highest BCUT2D eigenvalue weighted by atomic mass is 32.1. The van der Waals surface area contributed by atoms with Gasteiger partial charge in [0.15, 0.2) is 5.13 Å². The first kappa shape index (κ1) is 17.4. The van der Waals surface area contributed by atoms with Crippen molar-refractivity contribution in [3.8, 4) is 0 Å². The summed E-state index contributed by atoms with van der Waals surface area (Å²) >= 11 is 1.84. The summed E-state index contributed by atoms with van der Waals surface area (Å²) < 4.78 is 0. The van der Waals surface area contributed by atoms with E-state index in [4.69, 9.17) is 4.98 Å². The molecule has 0 saturated heterocycles. The fraction of sp³-hybridized carbons (Fsp3) is 0.812. The Labute approximate surface area is 128 Å². The molecule has 0 aliphatic carbocycles. The Morgan fingerprint density at radius 1 is 1.20 bits per heavy atom. The predicted octanol–water partition coefficient (Wildman–Crippen LogP) is 4.17. The van der Waals surface area contributed by atoms with Crippen LogP contribution in [0.3, 0.4) is 0 Å². The van der Waals surface area contributed by atoms with Gasteiger partial charge in [-0.3, -0.25) is 0 Å². The summed E-state index contributed by atoms with van der Waals surface area (Å²) in [5.74, 6) is 0. The zero-order chi connectivity index (χ0) is 15.5. The molecule has 0 unspecified atom stereocenters. The third-order valence-electron chi connectivity index (χ3n) is 3.28. The van der Waals surface area contributed by atoms with Crippen LogP contribution in [0.25, 0.3) is 0 Å². The molecule has 0 aromatic carbocycles. The number of thiazole rings is 1. The van der Waals surface area contributed by atoms with Gasteiger partial charge in [-0.1, -0.05) is 34.6 Å². The highest BCUT2D eigenvalue weighted by Crippen LogP contribution is 2.34. The molecule has 0 saturated carbocycles. The van der Waals surface area contributed by atoms with E-state index in [-0.39, 0.29) is 5.41 Å². The van der Waals surface area contributed by atoms with Crippen molar-refractivity contribution in [2.24, 2.45) is 0 Å². The number of nitrogens with one attached hydrogen (secondary N) is 1. The number of hydrogen-bond acceptors (Lipinski definition) is 4. The first-order valence-electron chi connectivity index (χ1n) is 7.67. The van der Waals surface area contributed by atoms with Crippen LogP contribution in [0, 0.1) is 0 Å². The molecule has 1 heterocycles. The van der Waals surface area contributed by atoms with Crippen LogP contribution in [0.4, 0.5) is 5.13 Å². The number of nitrogens with zero attached hydrogens (tertiary/aromatic N) is 2. The Kier molecular flexibility index (Phi) is 6.02. The van der Waals surface area contributed by atoms with Gasteiger partial charge in [0.1, 0.15) is 0 Å². The van der Waals surface area contributed by atoms with E-state index < -0.39 is 0 Å². The third-order valence-corrected chi connectivity index (χ3v) is 4.37. The Morgan fingerprint density at radius 3 is 2.20 bits per heavy atom. The average molecular weight is 298 g/mol. The molecule has 0 aliphatic rings. The van der Waals surface area contributed by atoms with Crippen molar-refractivity contribution in [1.29, 1.82) is 0 Å². The van der Waals surface area contributed by atoms with E-state index in [1.807, 2.05) is 11.3 Å². The molecule has 0 bridgehead atoms. The largest absolute Gasteiger partial charge is 0.346 e. The van der Waals surface area contributed by atoms with Crippen LogP contribution in [0.2, 0.25) is 0 Å². The molecule has 1 N–H and O–H groups in total. The van der Waals surface area contributed by atoms with Gasteiger partial charge in [0.2, 0.25) is 0 Å². The minimum Gasteiger partial charge on any atom is -0.346 e. The zero-order valence-corrected chi connectivity index (χ0v) is 15.2. The van der Waals surface area contributed by atoms with Crippen LogP contribution in [-0.2, 0) is 12.0 Å². The average Bonchev–Trinajstić information content (AvgIpc) is 2.70. The summed E-state index contributed by atoms with van der Waals surface area (Å²) in [6, 6.07) is 0.991. The third kappa shape index (κ3) is 4.45. The molecule has 0 spiro atoms. The van der Waals surface area contributed by atoms with Crippen molar-refractivity contribution >= 4 is 16.5 Å². The smallest absolute Gasteiger partial charge is 0.186 e. The molecule has 1 aromatic rings. The molecule has 4 heteroatoms. The molecule has 1 rings (SSSR count). The van der Waals surface area contributed by atoms with Crippen LogP contribution < -0.4 is 10.2 Å². The number of anilines is 1. The normalized spacial score (nSPS) is 12.5. The van der Waals surface area contributed by atoms with Crippen molar-refractivity contribution in [3.05, 3.63) is 10.6 Å². The summed E-state index contributed by atoms with van der Waals surface area (Å²) in [5, 5.41) is 4.69. The van der Waals surface area contributed by atoms with E-state index in [0.29, 0.717) is 12.1 Å². The van der Waals surface area contributed by atoms with Gasteiger partial charge in [0.05, 0.1) is 5.69 Å². The molecule has 1 aromatic heterocycles. The van der Waals surface area contributed by atoms with E-state index >= 15 is 0 Å². The fourth-order valence-electron chi connectivity index (χ4n) is 2.19. The number of hydrogen-bond donors (Lipinski definition) is 1. The summed E-state index contributed by atoms with van der Waals surface area (Å²) in [4.78, 5) is 8.71. The maximum Gasteiger partial charge on any atom is 0.186 e. The SMILES string of the molecule is CCN(c1nc(C(C)(C)C)c(CNC(C)C)s1)C(C)C. The summed E-state index contributed by atoms with van der Waals surface area (Å²) in [5.41, 5.74) is 1.34. The van der Waals surface area contributed by atoms with Crippen LogP contribution in [0.1, 0.15) is 66.0 Å². The summed E-state index contributed by atoms with van der Waals surface area (Å²) in [6.07, 6.45) is 0.